The summed E-state index contributed by atoms with van der Waals surface area (Å²) in [7, 11) is 1.57. The van der Waals surface area contributed by atoms with Gasteiger partial charge >= 0.3 is 5.97 Å². The third-order valence-electron chi connectivity index (χ3n) is 7.22. The summed E-state index contributed by atoms with van der Waals surface area (Å²) in [6, 6.07) is 16.9. The minimum atomic E-state index is -1.10. The number of hydrogen-bond acceptors (Lipinski definition) is 7. The average molecular weight is 521 g/mol. The maximum Gasteiger partial charge on any atom is 0.308 e. The molecule has 1 heterocycles. The van der Waals surface area contributed by atoms with Crippen molar-refractivity contribution in [1.29, 1.82) is 0 Å². The first-order valence-corrected chi connectivity index (χ1v) is 12.8. The summed E-state index contributed by atoms with van der Waals surface area (Å²) in [5.74, 6) is 1.22. The maximum absolute atomic E-state index is 13.0. The molecular formula is C30H32O8. The highest BCUT2D eigenvalue weighted by Crippen LogP contribution is 2.57. The van der Waals surface area contributed by atoms with Crippen molar-refractivity contribution >= 4 is 5.97 Å². The van der Waals surface area contributed by atoms with Gasteiger partial charge in [-0.25, -0.2) is 0 Å². The van der Waals surface area contributed by atoms with Gasteiger partial charge < -0.3 is 33.9 Å². The zero-order valence-electron chi connectivity index (χ0n) is 21.6. The number of hydrogen-bond donors (Lipinski definition) is 2. The van der Waals surface area contributed by atoms with Crippen LogP contribution in [-0.4, -0.2) is 49.9 Å². The molecule has 0 saturated heterocycles. The lowest BCUT2D eigenvalue weighted by atomic mass is 9.64. The van der Waals surface area contributed by atoms with Crippen LogP contribution in [0.1, 0.15) is 42.0 Å². The van der Waals surface area contributed by atoms with Crippen molar-refractivity contribution in [3.8, 4) is 28.7 Å². The smallest absolute Gasteiger partial charge is 0.308 e. The van der Waals surface area contributed by atoms with E-state index in [4.69, 9.17) is 23.7 Å². The van der Waals surface area contributed by atoms with Crippen LogP contribution in [0.25, 0.3) is 0 Å². The Bertz CT molecular complexity index is 1320. The number of ether oxygens (including phenoxy) is 5. The van der Waals surface area contributed by atoms with Crippen LogP contribution in [0.3, 0.4) is 0 Å². The fourth-order valence-electron chi connectivity index (χ4n) is 5.57. The topological polar surface area (TPSA) is 104 Å². The highest BCUT2D eigenvalue weighted by atomic mass is 16.7. The van der Waals surface area contributed by atoms with Crippen LogP contribution in [-0.2, 0) is 16.6 Å². The normalized spacial score (nSPS) is 19.2. The minimum absolute atomic E-state index is 0.0201. The second-order valence-corrected chi connectivity index (χ2v) is 9.43. The fraction of sp³-hybridized carbons (Fsp3) is 0.367. The van der Waals surface area contributed by atoms with Gasteiger partial charge in [0, 0.05) is 24.7 Å². The summed E-state index contributed by atoms with van der Waals surface area (Å²) in [6.07, 6.45) is 1.62. The Hall–Kier alpha value is -3.91. The van der Waals surface area contributed by atoms with Gasteiger partial charge in [0.15, 0.2) is 11.5 Å². The molecule has 3 aromatic carbocycles. The predicted octanol–water partition coefficient (Wildman–Crippen LogP) is 4.57. The summed E-state index contributed by atoms with van der Waals surface area (Å²) in [4.78, 5) is 13.0. The van der Waals surface area contributed by atoms with Gasteiger partial charge in [0.2, 0.25) is 6.79 Å². The number of methoxy groups -OCH3 is 1. The maximum atomic E-state index is 13.0. The quantitative estimate of drug-likeness (QED) is 0.355. The number of rotatable bonds is 11. The molecule has 8 nitrogen and oxygen atoms in total. The summed E-state index contributed by atoms with van der Waals surface area (Å²) in [5, 5.41) is 20.0. The molecule has 2 N–H and O–H groups in total. The van der Waals surface area contributed by atoms with E-state index in [0.717, 1.165) is 23.1 Å². The van der Waals surface area contributed by atoms with E-state index < -0.39 is 17.3 Å². The first kappa shape index (κ1) is 25.7. The summed E-state index contributed by atoms with van der Waals surface area (Å²) in [6.45, 7) is 2.98. The number of aliphatic carboxylic acids is 1. The molecule has 1 aliphatic heterocycles. The molecule has 0 fully saturated rings. The molecule has 3 aromatic rings. The third-order valence-corrected chi connectivity index (χ3v) is 7.22. The Morgan fingerprint density at radius 3 is 2.53 bits per heavy atom. The van der Waals surface area contributed by atoms with Crippen LogP contribution in [0.2, 0.25) is 0 Å². The molecule has 200 valence electrons. The van der Waals surface area contributed by atoms with Gasteiger partial charge in [0.25, 0.3) is 0 Å². The molecule has 0 radical (unpaired) electrons. The average Bonchev–Trinajstić information content (AvgIpc) is 3.54. The lowest BCUT2D eigenvalue weighted by molar-refractivity contribution is -0.142. The molecule has 5 rings (SSSR count). The number of benzene rings is 3. The third kappa shape index (κ3) is 4.39. The molecule has 0 bridgehead atoms. The monoisotopic (exact) mass is 520 g/mol. The van der Waals surface area contributed by atoms with Gasteiger partial charge in [0.1, 0.15) is 17.2 Å². The van der Waals surface area contributed by atoms with E-state index in [2.05, 4.69) is 0 Å². The van der Waals surface area contributed by atoms with Crippen LogP contribution in [0, 0.1) is 5.92 Å². The van der Waals surface area contributed by atoms with E-state index in [1.165, 1.54) is 0 Å². The van der Waals surface area contributed by atoms with Crippen molar-refractivity contribution in [3.05, 3.63) is 76.9 Å². The van der Waals surface area contributed by atoms with Gasteiger partial charge in [-0.05, 0) is 59.9 Å². The molecule has 2 aliphatic rings. The van der Waals surface area contributed by atoms with Gasteiger partial charge in [-0.2, -0.15) is 0 Å². The zero-order chi connectivity index (χ0) is 26.7. The molecule has 0 saturated carbocycles. The number of carboxylic acid groups (broad SMARTS) is 1. The van der Waals surface area contributed by atoms with Crippen molar-refractivity contribution in [2.45, 2.75) is 31.6 Å². The number of aliphatic hydroxyl groups is 1. The van der Waals surface area contributed by atoms with Crippen molar-refractivity contribution in [2.24, 2.45) is 5.92 Å². The minimum Gasteiger partial charge on any atom is -0.497 e. The summed E-state index contributed by atoms with van der Waals surface area (Å²) < 4.78 is 28.8. The molecule has 8 heteroatoms. The Labute approximate surface area is 221 Å². The number of aliphatic hydroxyl groups excluding tert-OH is 1. The zero-order valence-corrected chi connectivity index (χ0v) is 21.6. The molecule has 1 aliphatic carbocycles. The first-order valence-electron chi connectivity index (χ1n) is 12.8. The Kier molecular flexibility index (Phi) is 7.33. The fourth-order valence-corrected chi connectivity index (χ4v) is 5.57. The van der Waals surface area contributed by atoms with Crippen LogP contribution in [0.15, 0.2) is 54.6 Å². The number of carboxylic acids is 1. The lowest BCUT2D eigenvalue weighted by Gasteiger charge is -2.37. The molecule has 0 aromatic heterocycles. The van der Waals surface area contributed by atoms with E-state index in [-0.39, 0.29) is 20.0 Å². The molecule has 38 heavy (non-hydrogen) atoms. The Morgan fingerprint density at radius 1 is 0.974 bits per heavy atom. The van der Waals surface area contributed by atoms with E-state index in [1.807, 2.05) is 55.5 Å². The molecule has 2 atom stereocenters. The standard InChI is InChI=1S/C30H32O8/c1-3-12-35-22-7-8-23-19(14-22)15-25(29(32)33)30(23,20-5-10-26-28(16-20)38-18-37-26)24-9-6-21(34-2)17-27(24)36-13-4-11-31/h5-10,14,16-17,25,31H,3-4,11-13,15,18H2,1-2H3,(H,32,33). The summed E-state index contributed by atoms with van der Waals surface area (Å²) >= 11 is 0. The number of carbonyl (C=O) groups is 1. The largest absolute Gasteiger partial charge is 0.497 e. The van der Waals surface area contributed by atoms with Gasteiger partial charge in [-0.15, -0.1) is 0 Å². The second-order valence-electron chi connectivity index (χ2n) is 9.43. The summed E-state index contributed by atoms with van der Waals surface area (Å²) in [5.41, 5.74) is 2.12. The second kappa shape index (κ2) is 10.8. The lowest BCUT2D eigenvalue weighted by Crippen LogP contribution is -2.39. The molecule has 0 spiro atoms. The van der Waals surface area contributed by atoms with E-state index in [1.54, 1.807) is 13.2 Å². The predicted molar refractivity (Wildman–Crippen MR) is 140 cm³/mol. The SMILES string of the molecule is CCCOc1ccc2c(c1)CC(C(=O)O)C2(c1ccc2c(c1)OCO2)c1ccc(OC)cc1OCCCO. The highest BCUT2D eigenvalue weighted by molar-refractivity contribution is 5.80. The first-order chi connectivity index (χ1) is 18.5. The Morgan fingerprint density at radius 2 is 1.76 bits per heavy atom. The van der Waals surface area contributed by atoms with Crippen molar-refractivity contribution in [2.75, 3.05) is 33.7 Å². The molecule has 0 amide bonds. The van der Waals surface area contributed by atoms with Gasteiger partial charge in [0.05, 0.1) is 31.7 Å². The van der Waals surface area contributed by atoms with Crippen LogP contribution < -0.4 is 23.7 Å². The van der Waals surface area contributed by atoms with Crippen LogP contribution >= 0.6 is 0 Å². The Balaban J connectivity index is 1.78. The molecule has 2 unspecified atom stereocenters. The van der Waals surface area contributed by atoms with Crippen molar-refractivity contribution in [3.63, 3.8) is 0 Å². The highest BCUT2D eigenvalue weighted by Gasteiger charge is 2.54. The van der Waals surface area contributed by atoms with Crippen LogP contribution in [0.5, 0.6) is 28.7 Å². The molecular weight excluding hydrogens is 488 g/mol. The van der Waals surface area contributed by atoms with Crippen LogP contribution in [0.4, 0.5) is 0 Å². The van der Waals surface area contributed by atoms with E-state index in [9.17, 15) is 15.0 Å². The van der Waals surface area contributed by atoms with E-state index >= 15 is 0 Å². The van der Waals surface area contributed by atoms with Crippen molar-refractivity contribution in [1.82, 2.24) is 0 Å². The number of fused-ring (bicyclic) bond motifs is 2. The van der Waals surface area contributed by atoms with E-state index in [0.29, 0.717) is 53.8 Å². The van der Waals surface area contributed by atoms with Crippen molar-refractivity contribution < 1.29 is 38.7 Å². The van der Waals surface area contributed by atoms with Gasteiger partial charge in [-0.3, -0.25) is 4.79 Å². The van der Waals surface area contributed by atoms with Gasteiger partial charge in [-0.1, -0.05) is 25.1 Å².